The van der Waals surface area contributed by atoms with E-state index in [1.165, 1.54) is 0 Å². The minimum Gasteiger partial charge on any atom is -0.350 e. The fourth-order valence-electron chi connectivity index (χ4n) is 6.04. The van der Waals surface area contributed by atoms with E-state index in [2.05, 4.69) is 4.90 Å². The van der Waals surface area contributed by atoms with E-state index in [-0.39, 0.29) is 19.3 Å². The van der Waals surface area contributed by atoms with Gasteiger partial charge in [-0.05, 0) is 81.7 Å². The first kappa shape index (κ1) is 44.8. The Morgan fingerprint density at radius 2 is 0.961 bits per heavy atom. The van der Waals surface area contributed by atoms with E-state index in [4.69, 9.17) is 14.2 Å². The highest BCUT2D eigenvalue weighted by Gasteiger charge is 2.55. The van der Waals surface area contributed by atoms with Crippen LogP contribution in [-0.4, -0.2) is 160 Å². The Morgan fingerprint density at radius 3 is 1.27 bits per heavy atom. The van der Waals surface area contributed by atoms with Gasteiger partial charge in [-0.3, -0.25) is 29.1 Å². The zero-order valence-electron chi connectivity index (χ0n) is 32.4. The minimum atomic E-state index is -1.73. The van der Waals surface area contributed by atoms with Crippen molar-refractivity contribution >= 4 is 36.6 Å². The molecule has 0 radical (unpaired) electrons. The second-order valence-corrected chi connectivity index (χ2v) is 16.3. The van der Waals surface area contributed by atoms with Crippen molar-refractivity contribution in [3.63, 3.8) is 0 Å². The van der Waals surface area contributed by atoms with Gasteiger partial charge in [-0.15, -0.1) is 0 Å². The summed E-state index contributed by atoms with van der Waals surface area (Å²) in [6, 6.07) is 0. The van der Waals surface area contributed by atoms with Crippen molar-refractivity contribution in [2.24, 2.45) is 0 Å². The maximum absolute atomic E-state index is 12.6. The van der Waals surface area contributed by atoms with Gasteiger partial charge >= 0.3 is 17.7 Å². The molecule has 0 aromatic rings. The van der Waals surface area contributed by atoms with E-state index < -0.39 is 57.9 Å². The predicted octanol–water partition coefficient (Wildman–Crippen LogP) is 2.37. The quantitative estimate of drug-likeness (QED) is 0.0860. The molecule has 51 heavy (non-hydrogen) atoms. The summed E-state index contributed by atoms with van der Waals surface area (Å²) in [7, 11) is 0. The van der Waals surface area contributed by atoms with Crippen LogP contribution in [0.1, 0.15) is 101 Å². The summed E-state index contributed by atoms with van der Waals surface area (Å²) >= 11 is 0. The van der Waals surface area contributed by atoms with Crippen molar-refractivity contribution in [2.45, 2.75) is 136 Å². The van der Waals surface area contributed by atoms with Crippen molar-refractivity contribution in [2.75, 3.05) is 58.9 Å². The van der Waals surface area contributed by atoms with Crippen LogP contribution in [0.3, 0.4) is 0 Å². The van der Waals surface area contributed by atoms with Gasteiger partial charge in [0.2, 0.25) is 0 Å². The van der Waals surface area contributed by atoms with Gasteiger partial charge in [0.25, 0.3) is 0 Å². The van der Waals surface area contributed by atoms with Crippen molar-refractivity contribution in [1.29, 1.82) is 0 Å². The van der Waals surface area contributed by atoms with E-state index >= 15 is 0 Å². The Morgan fingerprint density at radius 1 is 0.627 bits per heavy atom. The van der Waals surface area contributed by atoms with Crippen LogP contribution in [0.4, 0.5) is 0 Å². The highest BCUT2D eigenvalue weighted by atomic mass is 16.6. The Balaban J connectivity index is 2.30. The van der Waals surface area contributed by atoms with E-state index in [9.17, 15) is 34.0 Å². The lowest BCUT2D eigenvalue weighted by Gasteiger charge is -2.40. The van der Waals surface area contributed by atoms with Crippen molar-refractivity contribution in [1.82, 2.24) is 19.6 Å². The average molecular weight is 727 g/mol. The molecule has 3 unspecified atom stereocenters. The van der Waals surface area contributed by atoms with Gasteiger partial charge in [0.1, 0.15) is 0 Å². The van der Waals surface area contributed by atoms with Crippen LogP contribution in [0.2, 0.25) is 0 Å². The second kappa shape index (κ2) is 19.7. The highest BCUT2D eigenvalue weighted by Crippen LogP contribution is 2.23. The number of hydrogen-bond acceptors (Lipinski definition) is 14. The zero-order chi connectivity index (χ0) is 38.6. The van der Waals surface area contributed by atoms with Crippen molar-refractivity contribution in [3.8, 4) is 0 Å². The number of nitrogens with zero attached hydrogens (tertiary/aromatic N) is 5. The molecule has 0 bridgehead atoms. The summed E-state index contributed by atoms with van der Waals surface area (Å²) in [5.74, 6) is -2.35. The number of aldehydes is 3. The molecule has 15 nitrogen and oxygen atoms in total. The molecule has 2 aliphatic heterocycles. The molecule has 2 rings (SSSR count). The third-order valence-corrected chi connectivity index (χ3v) is 8.61. The highest BCUT2D eigenvalue weighted by molar-refractivity contribution is 6.01. The van der Waals surface area contributed by atoms with Gasteiger partial charge in [0, 0.05) is 57.0 Å². The minimum absolute atomic E-state index is 0.0942. The standard InChI is InChI=1S/C36H64N5O10/c1-34(2,3)49-28(25-42)38-19-17-37(16-12-10-11-13-31(45)41(48)32(46)14-15-33(41)47)18-20-39(29(26-43)50-35(4,5)6)22-24-40(23-21-38)30(27-44)51-36(7,8)9/h25-30,48H,10-24H2,1-9H3/q+1. The van der Waals surface area contributed by atoms with E-state index in [0.29, 0.717) is 78.2 Å². The number of hydrogen-bond donors (Lipinski definition) is 1. The van der Waals surface area contributed by atoms with Gasteiger partial charge in [-0.1, -0.05) is 6.42 Å². The van der Waals surface area contributed by atoms with Crippen LogP contribution in [0.25, 0.3) is 0 Å². The number of hydroxylamine groups is 3. The zero-order valence-corrected chi connectivity index (χ0v) is 32.4. The summed E-state index contributed by atoms with van der Waals surface area (Å²) in [4.78, 5) is 82.0. The third kappa shape index (κ3) is 14.9. The SMILES string of the molecule is CC(C)(C)OC(C=O)N1CCN(CCCCCC(=O)[N+]2(O)C(=O)CCC2=O)CCN(C(C=O)OC(C)(C)C)CCN(C(C=O)OC(C)(C)C)CC1. The molecule has 2 heterocycles. The molecule has 292 valence electrons. The number of carbonyl (C=O) groups excluding carboxylic acids is 6. The van der Waals surface area contributed by atoms with Gasteiger partial charge in [0.05, 0.1) is 36.1 Å². The first-order valence-electron chi connectivity index (χ1n) is 18.2. The maximum atomic E-state index is 12.6. The fraction of sp³-hybridized carbons (Fsp3) is 0.833. The number of imide groups is 3. The van der Waals surface area contributed by atoms with E-state index in [0.717, 1.165) is 18.9 Å². The summed E-state index contributed by atoms with van der Waals surface area (Å²) in [5, 5.41) is 10.4. The lowest BCUT2D eigenvalue weighted by molar-refractivity contribution is -0.905. The lowest BCUT2D eigenvalue weighted by Crippen LogP contribution is -2.55. The molecule has 3 amide bonds. The molecule has 3 atom stereocenters. The number of quaternary nitrogens is 1. The molecular weight excluding hydrogens is 662 g/mol. The molecule has 2 aliphatic rings. The summed E-state index contributed by atoms with van der Waals surface area (Å²) < 4.78 is 16.7. The van der Waals surface area contributed by atoms with E-state index in [1.54, 1.807) is 0 Å². The first-order chi connectivity index (χ1) is 23.6. The molecule has 2 saturated heterocycles. The Labute approximate surface area is 304 Å². The molecule has 0 saturated carbocycles. The van der Waals surface area contributed by atoms with Crippen molar-refractivity contribution < 1.29 is 52.8 Å². The van der Waals surface area contributed by atoms with Crippen LogP contribution in [-0.2, 0) is 43.0 Å². The van der Waals surface area contributed by atoms with Crippen molar-refractivity contribution in [3.05, 3.63) is 0 Å². The number of likely N-dealkylation sites (tertiary alicyclic amines) is 1. The van der Waals surface area contributed by atoms with Crippen LogP contribution in [0.5, 0.6) is 0 Å². The number of ether oxygens (including phenoxy) is 3. The normalized spacial score (nSPS) is 21.8. The predicted molar refractivity (Wildman–Crippen MR) is 188 cm³/mol. The molecule has 0 aliphatic carbocycles. The largest absolute Gasteiger partial charge is 0.361 e. The molecule has 15 heteroatoms. The van der Waals surface area contributed by atoms with Crippen LogP contribution in [0, 0.1) is 0 Å². The summed E-state index contributed by atoms with van der Waals surface area (Å²) in [6.07, 6.45) is 1.16. The maximum Gasteiger partial charge on any atom is 0.361 e. The Bertz CT molecular complexity index is 1120. The lowest BCUT2D eigenvalue weighted by atomic mass is 10.1. The van der Waals surface area contributed by atoms with Gasteiger partial charge < -0.3 is 19.1 Å². The van der Waals surface area contributed by atoms with Gasteiger partial charge in [-0.25, -0.2) is 14.4 Å². The fourth-order valence-corrected chi connectivity index (χ4v) is 6.04. The average Bonchev–Trinajstić information content (AvgIpc) is 3.29. The number of rotatable bonds is 15. The second-order valence-electron chi connectivity index (χ2n) is 16.3. The van der Waals surface area contributed by atoms with Crippen LogP contribution < -0.4 is 0 Å². The van der Waals surface area contributed by atoms with Gasteiger partial charge in [-0.2, -0.15) is 5.21 Å². The number of carbonyl (C=O) groups is 6. The smallest absolute Gasteiger partial charge is 0.350 e. The number of unbranched alkanes of at least 4 members (excludes halogenated alkanes) is 2. The monoisotopic (exact) mass is 726 g/mol. The number of amides is 3. The molecular formula is C36H64N5O10+. The first-order valence-corrected chi connectivity index (χ1v) is 18.2. The van der Waals surface area contributed by atoms with E-state index in [1.807, 2.05) is 77.0 Å². The third-order valence-electron chi connectivity index (χ3n) is 8.61. The molecule has 0 aromatic heterocycles. The Hall–Kier alpha value is -2.34. The topological polar surface area (TPSA) is 163 Å². The Kier molecular flexibility index (Phi) is 17.3. The molecule has 1 N–H and O–H groups in total. The summed E-state index contributed by atoms with van der Waals surface area (Å²) in [5.41, 5.74) is -1.79. The molecule has 2 fully saturated rings. The van der Waals surface area contributed by atoms with Crippen LogP contribution in [0.15, 0.2) is 0 Å². The van der Waals surface area contributed by atoms with Gasteiger partial charge in [0.15, 0.2) is 37.5 Å². The molecule has 0 spiro atoms. The molecule has 0 aromatic carbocycles. The summed E-state index contributed by atoms with van der Waals surface area (Å²) in [6.45, 7) is 21.1. The van der Waals surface area contributed by atoms with Crippen LogP contribution >= 0.6 is 0 Å².